The topological polar surface area (TPSA) is 78.4 Å². The summed E-state index contributed by atoms with van der Waals surface area (Å²) in [6, 6.07) is 2.32. The van der Waals surface area contributed by atoms with Crippen LogP contribution in [0.1, 0.15) is 37.9 Å². The molecule has 176 valence electrons. The first-order chi connectivity index (χ1) is 15.8. The zero-order valence-electron chi connectivity index (χ0n) is 18.3. The van der Waals surface area contributed by atoms with E-state index in [0.717, 1.165) is 38.4 Å². The van der Waals surface area contributed by atoms with Crippen molar-refractivity contribution in [1.29, 1.82) is 0 Å². The van der Waals surface area contributed by atoms with E-state index in [4.69, 9.17) is 15.5 Å². The Kier molecular flexibility index (Phi) is 3.90. The molecule has 7 nitrogen and oxygen atoms in total. The molecule has 5 aliphatic carbocycles. The molecule has 0 radical (unpaired) electrons. The lowest BCUT2D eigenvalue weighted by atomic mass is 10.1. The Morgan fingerprint density at radius 3 is 2.79 bits per heavy atom. The number of nitrogen functional groups attached to an aromatic ring is 1. The normalized spacial score (nSPS) is 37.2. The van der Waals surface area contributed by atoms with E-state index < -0.39 is 12.1 Å². The number of nitrogens with two attached hydrogens (primary N) is 1. The van der Waals surface area contributed by atoms with Gasteiger partial charge in [0.15, 0.2) is 11.6 Å². The summed E-state index contributed by atoms with van der Waals surface area (Å²) in [4.78, 5) is 11.5. The second-order valence-corrected chi connectivity index (χ2v) is 10.3. The van der Waals surface area contributed by atoms with Crippen LogP contribution in [0.4, 0.5) is 19.0 Å². The van der Waals surface area contributed by atoms with Crippen molar-refractivity contribution in [3.8, 4) is 17.0 Å². The predicted octanol–water partition coefficient (Wildman–Crippen LogP) is 3.37. The zero-order valence-corrected chi connectivity index (χ0v) is 18.3. The van der Waals surface area contributed by atoms with Gasteiger partial charge in [0.2, 0.25) is 0 Å². The Bertz CT molecular complexity index is 1130. The maximum Gasteiger partial charge on any atom is 0.573 e. The number of aromatic nitrogens is 3. The maximum absolute atomic E-state index is 12.8. The van der Waals surface area contributed by atoms with E-state index in [1.165, 1.54) is 18.7 Å². The number of anilines is 1. The van der Waals surface area contributed by atoms with Gasteiger partial charge in [-0.25, -0.2) is 9.97 Å². The summed E-state index contributed by atoms with van der Waals surface area (Å²) in [6.07, 6.45) is 2.12. The SMILES string of the molecule is CC1COCCN1C1C[C@@H]2[C@@H]3C1[C@@]23n1cc(-c2cnc(N)c(OC(F)(F)F)c2)nc1C1CC1. The van der Waals surface area contributed by atoms with Gasteiger partial charge >= 0.3 is 6.36 Å². The third-order valence-corrected chi connectivity index (χ3v) is 8.52. The maximum atomic E-state index is 12.8. The van der Waals surface area contributed by atoms with Crippen LogP contribution in [0, 0.1) is 17.8 Å². The van der Waals surface area contributed by atoms with Crippen LogP contribution >= 0.6 is 0 Å². The molecular formula is C23H26F3N5O2. The standard InChI is InChI=1S/C23H26F3N5O2/c1-11-10-32-5-4-30(11)16-7-14-18-19(16)22(14,18)31-9-15(29-21(31)12-2-3-12)13-6-17(20(27)28-8-13)33-23(24,25)26/h6,8-9,11-12,14,16,18-19H,2-5,7,10H2,1H3,(H2,27,28)/t11?,14-,16?,18-,19?,22-/m1/s1. The molecule has 6 aliphatic rings. The first-order valence-electron chi connectivity index (χ1n) is 11.7. The summed E-state index contributed by atoms with van der Waals surface area (Å²) in [6.45, 7) is 4.82. The van der Waals surface area contributed by atoms with Gasteiger partial charge in [-0.1, -0.05) is 0 Å². The zero-order chi connectivity index (χ0) is 22.7. The lowest BCUT2D eigenvalue weighted by molar-refractivity contribution is -0.274. The molecular weight excluding hydrogens is 435 g/mol. The first-order valence-corrected chi connectivity index (χ1v) is 11.7. The van der Waals surface area contributed by atoms with Crippen LogP contribution < -0.4 is 10.5 Å². The lowest BCUT2D eigenvalue weighted by Crippen LogP contribution is -2.49. The summed E-state index contributed by atoms with van der Waals surface area (Å²) in [7, 11) is 0. The number of hydrogen-bond donors (Lipinski definition) is 1. The highest BCUT2D eigenvalue weighted by Gasteiger charge is 2.94. The van der Waals surface area contributed by atoms with Crippen LogP contribution in [0.25, 0.3) is 11.3 Å². The van der Waals surface area contributed by atoms with Crippen molar-refractivity contribution in [3.05, 3.63) is 24.3 Å². The van der Waals surface area contributed by atoms with Crippen molar-refractivity contribution in [2.75, 3.05) is 25.5 Å². The molecule has 2 bridgehead atoms. The largest absolute Gasteiger partial charge is 0.573 e. The van der Waals surface area contributed by atoms with Crippen LogP contribution in [-0.4, -0.2) is 57.6 Å². The van der Waals surface area contributed by atoms with Gasteiger partial charge in [-0.3, -0.25) is 4.90 Å². The molecule has 0 spiro atoms. The van der Waals surface area contributed by atoms with Crippen molar-refractivity contribution in [2.45, 2.75) is 56.1 Å². The Labute approximate surface area is 189 Å². The molecule has 3 heterocycles. The Balaban J connectivity index is 1.21. The Hall–Kier alpha value is -2.33. The molecule has 2 aromatic heterocycles. The van der Waals surface area contributed by atoms with Gasteiger partial charge in [0.05, 0.1) is 24.4 Å². The van der Waals surface area contributed by atoms with E-state index in [1.54, 1.807) is 0 Å². The van der Waals surface area contributed by atoms with E-state index in [-0.39, 0.29) is 11.4 Å². The molecule has 8 rings (SSSR count). The minimum absolute atomic E-state index is 0.151. The van der Waals surface area contributed by atoms with Gasteiger partial charge in [0, 0.05) is 48.4 Å². The number of ether oxygens (including phenoxy) is 2. The second-order valence-electron chi connectivity index (χ2n) is 10.3. The number of halogens is 3. The van der Waals surface area contributed by atoms with Gasteiger partial charge < -0.3 is 19.8 Å². The van der Waals surface area contributed by atoms with Crippen molar-refractivity contribution in [2.24, 2.45) is 17.8 Å². The summed E-state index contributed by atoms with van der Waals surface area (Å²) in [5, 5.41) is 0. The number of alkyl halides is 3. The number of fused-ring (bicyclic) bond motifs is 1. The fraction of sp³-hybridized carbons (Fsp3) is 0.652. The summed E-state index contributed by atoms with van der Waals surface area (Å²) < 4.78 is 50.5. The molecule has 0 aromatic carbocycles. The molecule has 10 heteroatoms. The monoisotopic (exact) mass is 461 g/mol. The van der Waals surface area contributed by atoms with E-state index >= 15 is 0 Å². The Morgan fingerprint density at radius 2 is 2.09 bits per heavy atom. The second kappa shape index (κ2) is 6.41. The molecule has 1 saturated heterocycles. The highest BCUT2D eigenvalue weighted by Crippen LogP contribution is 2.89. The molecule has 5 saturated carbocycles. The molecule has 3 unspecified atom stereocenters. The summed E-state index contributed by atoms with van der Waals surface area (Å²) in [5.74, 6) is 2.74. The van der Waals surface area contributed by atoms with Crippen LogP contribution in [0.15, 0.2) is 18.5 Å². The number of rotatable bonds is 5. The first kappa shape index (κ1) is 20.1. The van der Waals surface area contributed by atoms with Gasteiger partial charge in [-0.2, -0.15) is 0 Å². The molecule has 6 fully saturated rings. The van der Waals surface area contributed by atoms with Gasteiger partial charge in [0.1, 0.15) is 5.82 Å². The number of imidazole rings is 1. The highest BCUT2D eigenvalue weighted by molar-refractivity contribution is 5.64. The van der Waals surface area contributed by atoms with Gasteiger partial charge in [-0.05, 0) is 44.1 Å². The summed E-state index contributed by atoms with van der Waals surface area (Å²) >= 11 is 0. The lowest BCUT2D eigenvalue weighted by Gasteiger charge is -2.38. The number of hydrogen-bond acceptors (Lipinski definition) is 6. The third-order valence-electron chi connectivity index (χ3n) is 8.52. The van der Waals surface area contributed by atoms with Gasteiger partial charge in [0.25, 0.3) is 0 Å². The molecule has 33 heavy (non-hydrogen) atoms. The van der Waals surface area contributed by atoms with E-state index in [1.807, 2.05) is 6.20 Å². The van der Waals surface area contributed by atoms with Crippen molar-refractivity contribution >= 4 is 5.82 Å². The van der Waals surface area contributed by atoms with Crippen LogP contribution in [0.3, 0.4) is 0 Å². The molecule has 2 N–H and O–H groups in total. The number of nitrogens with zero attached hydrogens (tertiary/aromatic N) is 4. The van der Waals surface area contributed by atoms with Crippen molar-refractivity contribution in [1.82, 2.24) is 19.4 Å². The highest BCUT2D eigenvalue weighted by atomic mass is 19.4. The molecule has 2 aromatic rings. The average molecular weight is 461 g/mol. The van der Waals surface area contributed by atoms with Gasteiger partial charge in [-0.15, -0.1) is 13.2 Å². The number of pyridine rings is 1. The van der Waals surface area contributed by atoms with E-state index in [2.05, 4.69) is 26.1 Å². The smallest absolute Gasteiger partial charge is 0.402 e. The molecule has 6 atom stereocenters. The van der Waals surface area contributed by atoms with Crippen LogP contribution in [0.2, 0.25) is 0 Å². The minimum atomic E-state index is -4.83. The number of morpholine rings is 1. The quantitative estimate of drug-likeness (QED) is 0.736. The average Bonchev–Trinajstić information content (AvgIpc) is 3.70. The summed E-state index contributed by atoms with van der Waals surface area (Å²) in [5.41, 5.74) is 6.90. The fourth-order valence-corrected chi connectivity index (χ4v) is 6.96. The third kappa shape index (κ3) is 2.83. The molecule has 0 amide bonds. The predicted molar refractivity (Wildman–Crippen MR) is 112 cm³/mol. The minimum Gasteiger partial charge on any atom is -0.402 e. The Morgan fingerprint density at radius 1 is 1.27 bits per heavy atom. The van der Waals surface area contributed by atoms with E-state index in [9.17, 15) is 13.2 Å². The van der Waals surface area contributed by atoms with Crippen molar-refractivity contribution in [3.63, 3.8) is 0 Å². The molecule has 1 aliphatic heterocycles. The van der Waals surface area contributed by atoms with Crippen molar-refractivity contribution < 1.29 is 22.6 Å². The fourth-order valence-electron chi connectivity index (χ4n) is 6.96. The van der Waals surface area contributed by atoms with Crippen LogP contribution in [0.5, 0.6) is 5.75 Å². The van der Waals surface area contributed by atoms with Crippen LogP contribution in [-0.2, 0) is 10.3 Å². The van der Waals surface area contributed by atoms with E-state index in [0.29, 0.717) is 47.0 Å².